The number of rotatable bonds is 6. The van der Waals surface area contributed by atoms with Crippen LogP contribution in [-0.4, -0.2) is 13.7 Å². The molecule has 0 spiro atoms. The molecule has 2 aromatic rings. The first-order valence-corrected chi connectivity index (χ1v) is 7.27. The van der Waals surface area contributed by atoms with Gasteiger partial charge in [-0.1, -0.05) is 43.3 Å². The number of hydrogen-bond acceptors (Lipinski definition) is 2. The summed E-state index contributed by atoms with van der Waals surface area (Å²) in [6.07, 6.45) is 0.755. The fourth-order valence-corrected chi connectivity index (χ4v) is 2.55. The Morgan fingerprint density at radius 2 is 1.90 bits per heavy atom. The second-order valence-corrected chi connectivity index (χ2v) is 5.10. The Morgan fingerprint density at radius 1 is 1.14 bits per heavy atom. The smallest absolute Gasteiger partial charge is 0.169 e. The summed E-state index contributed by atoms with van der Waals surface area (Å²) in [5.41, 5.74) is 3.11. The molecule has 0 aliphatic carbocycles. The maximum absolute atomic E-state index is 14.5. The molecule has 0 amide bonds. The van der Waals surface area contributed by atoms with Crippen molar-refractivity contribution < 1.29 is 9.13 Å². The van der Waals surface area contributed by atoms with E-state index in [-0.39, 0.29) is 11.9 Å². The van der Waals surface area contributed by atoms with Crippen LogP contribution in [0.15, 0.2) is 42.5 Å². The van der Waals surface area contributed by atoms with E-state index in [0.717, 1.165) is 13.0 Å². The van der Waals surface area contributed by atoms with Gasteiger partial charge in [-0.05, 0) is 37.1 Å². The molecular weight excluding hydrogens is 265 g/mol. The third-order valence-corrected chi connectivity index (χ3v) is 3.72. The summed E-state index contributed by atoms with van der Waals surface area (Å²) in [6, 6.07) is 13.5. The van der Waals surface area contributed by atoms with Gasteiger partial charge in [-0.25, -0.2) is 4.39 Å². The van der Waals surface area contributed by atoms with Crippen LogP contribution in [0.1, 0.15) is 29.7 Å². The molecule has 0 radical (unpaired) electrons. The van der Waals surface area contributed by atoms with E-state index >= 15 is 0 Å². The van der Waals surface area contributed by atoms with Gasteiger partial charge in [-0.3, -0.25) is 0 Å². The molecule has 0 heterocycles. The molecule has 0 fully saturated rings. The summed E-state index contributed by atoms with van der Waals surface area (Å²) in [5.74, 6) is 0.0136. The molecule has 2 rings (SSSR count). The fourth-order valence-electron chi connectivity index (χ4n) is 2.55. The van der Waals surface area contributed by atoms with Crippen molar-refractivity contribution in [3.63, 3.8) is 0 Å². The van der Waals surface area contributed by atoms with Crippen molar-refractivity contribution in [3.05, 3.63) is 65.0 Å². The number of ether oxygens (including phenoxy) is 1. The van der Waals surface area contributed by atoms with Gasteiger partial charge in [0, 0.05) is 11.6 Å². The minimum absolute atomic E-state index is 0.0637. The predicted octanol–water partition coefficient (Wildman–Crippen LogP) is 4.04. The van der Waals surface area contributed by atoms with Crippen molar-refractivity contribution in [1.29, 1.82) is 0 Å². The Hall–Kier alpha value is -1.87. The van der Waals surface area contributed by atoms with Crippen molar-refractivity contribution in [3.8, 4) is 5.75 Å². The molecule has 21 heavy (non-hydrogen) atoms. The first-order chi connectivity index (χ1) is 10.2. The van der Waals surface area contributed by atoms with Gasteiger partial charge < -0.3 is 10.1 Å². The van der Waals surface area contributed by atoms with Crippen LogP contribution in [0.2, 0.25) is 0 Å². The molecule has 2 nitrogen and oxygen atoms in total. The highest BCUT2D eigenvalue weighted by Crippen LogP contribution is 2.28. The normalized spacial score (nSPS) is 12.2. The van der Waals surface area contributed by atoms with Crippen LogP contribution in [0.3, 0.4) is 0 Å². The second-order valence-electron chi connectivity index (χ2n) is 5.10. The highest BCUT2D eigenvalue weighted by Gasteiger charge is 2.18. The highest BCUT2D eigenvalue weighted by atomic mass is 19.1. The molecule has 112 valence electrons. The lowest BCUT2D eigenvalue weighted by atomic mass is 9.95. The number of hydrogen-bond donors (Lipinski definition) is 1. The van der Waals surface area contributed by atoms with E-state index < -0.39 is 0 Å². The molecule has 1 unspecified atom stereocenters. The molecule has 2 aromatic carbocycles. The average molecular weight is 287 g/mol. The molecule has 0 aliphatic rings. The van der Waals surface area contributed by atoms with E-state index in [0.29, 0.717) is 11.3 Å². The number of aryl methyl sites for hydroxylation is 1. The lowest BCUT2D eigenvalue weighted by Gasteiger charge is -2.21. The molecule has 3 heteroatoms. The molecule has 1 atom stereocenters. The second kappa shape index (κ2) is 7.23. The van der Waals surface area contributed by atoms with Gasteiger partial charge >= 0.3 is 0 Å². The highest BCUT2D eigenvalue weighted by molar-refractivity contribution is 5.35. The number of nitrogens with one attached hydrogen (secondary N) is 1. The summed E-state index contributed by atoms with van der Waals surface area (Å²) in [4.78, 5) is 0. The van der Waals surface area contributed by atoms with Crippen LogP contribution in [0, 0.1) is 12.7 Å². The molecule has 0 bridgehead atoms. The van der Waals surface area contributed by atoms with Crippen LogP contribution in [-0.2, 0) is 6.42 Å². The molecule has 0 aromatic heterocycles. The first-order valence-electron chi connectivity index (χ1n) is 7.27. The van der Waals surface area contributed by atoms with E-state index in [1.807, 2.05) is 31.2 Å². The van der Waals surface area contributed by atoms with Gasteiger partial charge in [0.25, 0.3) is 0 Å². The first kappa shape index (κ1) is 15.5. The van der Waals surface area contributed by atoms with Crippen molar-refractivity contribution >= 4 is 0 Å². The van der Waals surface area contributed by atoms with Crippen LogP contribution in [0.4, 0.5) is 4.39 Å². The summed E-state index contributed by atoms with van der Waals surface area (Å²) >= 11 is 0. The maximum Gasteiger partial charge on any atom is 0.169 e. The van der Waals surface area contributed by atoms with E-state index in [1.54, 1.807) is 6.07 Å². The van der Waals surface area contributed by atoms with Crippen molar-refractivity contribution in [2.45, 2.75) is 26.3 Å². The van der Waals surface area contributed by atoms with Crippen LogP contribution in [0.25, 0.3) is 0 Å². The summed E-state index contributed by atoms with van der Waals surface area (Å²) < 4.78 is 19.6. The fraction of sp³-hybridized carbons (Fsp3) is 0.333. The lowest BCUT2D eigenvalue weighted by Crippen LogP contribution is -2.24. The van der Waals surface area contributed by atoms with Gasteiger partial charge in [0.15, 0.2) is 11.6 Å². The quantitative estimate of drug-likeness (QED) is 0.866. The zero-order chi connectivity index (χ0) is 15.2. The summed E-state index contributed by atoms with van der Waals surface area (Å²) in [5, 5.41) is 3.37. The summed E-state index contributed by atoms with van der Waals surface area (Å²) in [7, 11) is 1.49. The molecular formula is C18H22FNO. The number of likely N-dealkylation sites (N-methyl/N-ethyl adjacent to an activating group) is 1. The minimum atomic E-state index is -0.278. The lowest BCUT2D eigenvalue weighted by molar-refractivity contribution is 0.379. The Balaban J connectivity index is 2.33. The van der Waals surface area contributed by atoms with E-state index in [2.05, 4.69) is 24.4 Å². The standard InChI is InChI=1S/C18H22FNO/c1-4-20-16(12-14-9-6-5-8-13(14)2)15-10-7-11-17(21-3)18(15)19/h5-11,16,20H,4,12H2,1-3H3. The van der Waals surface area contributed by atoms with E-state index in [4.69, 9.17) is 4.74 Å². The topological polar surface area (TPSA) is 21.3 Å². The SMILES string of the molecule is CCNC(Cc1ccccc1C)c1cccc(OC)c1F. The minimum Gasteiger partial charge on any atom is -0.494 e. The van der Waals surface area contributed by atoms with Crippen molar-refractivity contribution in [2.24, 2.45) is 0 Å². The average Bonchev–Trinajstić information content (AvgIpc) is 2.49. The van der Waals surface area contributed by atoms with E-state index in [9.17, 15) is 4.39 Å². The third kappa shape index (κ3) is 3.61. The van der Waals surface area contributed by atoms with Gasteiger partial charge in [-0.15, -0.1) is 0 Å². The third-order valence-electron chi connectivity index (χ3n) is 3.72. The van der Waals surface area contributed by atoms with Crippen molar-refractivity contribution in [1.82, 2.24) is 5.32 Å². The number of halogens is 1. The van der Waals surface area contributed by atoms with Gasteiger partial charge in [0.2, 0.25) is 0 Å². The number of benzene rings is 2. The number of methoxy groups -OCH3 is 1. The monoisotopic (exact) mass is 287 g/mol. The Labute approximate surface area is 126 Å². The zero-order valence-corrected chi connectivity index (χ0v) is 12.8. The van der Waals surface area contributed by atoms with Crippen molar-refractivity contribution in [2.75, 3.05) is 13.7 Å². The van der Waals surface area contributed by atoms with E-state index in [1.165, 1.54) is 18.2 Å². The summed E-state index contributed by atoms with van der Waals surface area (Å²) in [6.45, 7) is 4.90. The molecule has 0 saturated heterocycles. The Bertz CT molecular complexity index is 598. The van der Waals surface area contributed by atoms with Gasteiger partial charge in [-0.2, -0.15) is 0 Å². The molecule has 1 N–H and O–H groups in total. The maximum atomic E-state index is 14.5. The predicted molar refractivity (Wildman–Crippen MR) is 84.3 cm³/mol. The Morgan fingerprint density at radius 3 is 2.57 bits per heavy atom. The van der Waals surface area contributed by atoms with Crippen LogP contribution < -0.4 is 10.1 Å². The van der Waals surface area contributed by atoms with Crippen LogP contribution >= 0.6 is 0 Å². The van der Waals surface area contributed by atoms with Gasteiger partial charge in [0.05, 0.1) is 7.11 Å². The zero-order valence-electron chi connectivity index (χ0n) is 12.8. The molecule has 0 saturated carbocycles. The van der Waals surface area contributed by atoms with Gasteiger partial charge in [0.1, 0.15) is 0 Å². The van der Waals surface area contributed by atoms with Crippen LogP contribution in [0.5, 0.6) is 5.75 Å². The largest absolute Gasteiger partial charge is 0.494 e. The Kier molecular flexibility index (Phi) is 5.34. The molecule has 0 aliphatic heterocycles.